The van der Waals surface area contributed by atoms with E-state index in [0.717, 1.165) is 13.0 Å². The molecule has 0 fully saturated rings. The molecule has 0 bridgehead atoms. The van der Waals surface area contributed by atoms with Gasteiger partial charge in [-0.2, -0.15) is 0 Å². The van der Waals surface area contributed by atoms with Gasteiger partial charge in [-0.3, -0.25) is 4.79 Å². The Morgan fingerprint density at radius 2 is 1.78 bits per heavy atom. The number of ether oxygens (including phenoxy) is 1. The van der Waals surface area contributed by atoms with Crippen LogP contribution in [-0.4, -0.2) is 26.2 Å². The van der Waals surface area contributed by atoms with Gasteiger partial charge in [0.1, 0.15) is 0 Å². The molecule has 100 valence electrons. The van der Waals surface area contributed by atoms with E-state index in [1.807, 2.05) is 0 Å². The van der Waals surface area contributed by atoms with Gasteiger partial charge >= 0.3 is 5.97 Å². The van der Waals surface area contributed by atoms with Crippen LogP contribution in [0.3, 0.4) is 0 Å². The van der Waals surface area contributed by atoms with Gasteiger partial charge in [0.2, 0.25) is 0 Å². The third kappa shape index (κ3) is 4.49. The summed E-state index contributed by atoms with van der Waals surface area (Å²) >= 11 is 0. The van der Waals surface area contributed by atoms with Crippen LogP contribution in [0.5, 0.6) is 0 Å². The number of rotatable bonds is 6. The zero-order valence-electron chi connectivity index (χ0n) is 11.8. The zero-order chi connectivity index (χ0) is 13.5. The summed E-state index contributed by atoms with van der Waals surface area (Å²) in [5.74, 6) is -0.162. The van der Waals surface area contributed by atoms with Crippen LogP contribution >= 0.6 is 0 Å². The Kier molecular flexibility index (Phi) is 5.86. The minimum atomic E-state index is -0.162. The summed E-state index contributed by atoms with van der Waals surface area (Å²) in [6.45, 7) is 8.00. The van der Waals surface area contributed by atoms with Gasteiger partial charge in [-0.05, 0) is 56.0 Å². The molecule has 0 unspecified atom stereocenters. The van der Waals surface area contributed by atoms with E-state index in [1.165, 1.54) is 29.4 Å². The van der Waals surface area contributed by atoms with Crippen molar-refractivity contribution in [3.05, 3.63) is 34.4 Å². The van der Waals surface area contributed by atoms with E-state index in [9.17, 15) is 4.79 Å². The third-order valence-electron chi connectivity index (χ3n) is 3.26. The van der Waals surface area contributed by atoms with E-state index in [0.29, 0.717) is 13.0 Å². The maximum Gasteiger partial charge on any atom is 0.306 e. The lowest BCUT2D eigenvalue weighted by Gasteiger charge is -2.10. The number of esters is 1. The lowest BCUT2D eigenvalue weighted by atomic mass is 9.99. The van der Waals surface area contributed by atoms with Crippen molar-refractivity contribution in [3.8, 4) is 0 Å². The second-order valence-corrected chi connectivity index (χ2v) is 4.69. The molecule has 1 aromatic carbocycles. The number of nitrogens with one attached hydrogen (secondary N) is 1. The number of carbonyl (C=O) groups excluding carboxylic acids is 1. The fourth-order valence-corrected chi connectivity index (χ4v) is 1.93. The number of hydrogen-bond acceptors (Lipinski definition) is 3. The summed E-state index contributed by atoms with van der Waals surface area (Å²) in [6, 6.07) is 4.49. The molecule has 0 atom stereocenters. The van der Waals surface area contributed by atoms with Crippen molar-refractivity contribution in [3.63, 3.8) is 0 Å². The SMILES string of the molecule is COC(=O)CCNCCc1cc(C)c(C)cc1C. The van der Waals surface area contributed by atoms with Crippen molar-refractivity contribution >= 4 is 5.97 Å². The number of hydrogen-bond donors (Lipinski definition) is 1. The lowest BCUT2D eigenvalue weighted by molar-refractivity contribution is -0.140. The van der Waals surface area contributed by atoms with Crippen molar-refractivity contribution in [2.45, 2.75) is 33.6 Å². The van der Waals surface area contributed by atoms with E-state index in [-0.39, 0.29) is 5.97 Å². The fraction of sp³-hybridized carbons (Fsp3) is 0.533. The van der Waals surface area contributed by atoms with Gasteiger partial charge in [0.05, 0.1) is 13.5 Å². The Hall–Kier alpha value is -1.35. The summed E-state index contributed by atoms with van der Waals surface area (Å²) in [4.78, 5) is 10.9. The average molecular weight is 249 g/mol. The predicted molar refractivity (Wildman–Crippen MR) is 73.9 cm³/mol. The van der Waals surface area contributed by atoms with Gasteiger partial charge in [-0.15, -0.1) is 0 Å². The van der Waals surface area contributed by atoms with E-state index in [4.69, 9.17) is 0 Å². The van der Waals surface area contributed by atoms with Gasteiger partial charge in [0.25, 0.3) is 0 Å². The predicted octanol–water partition coefficient (Wildman–Crippen LogP) is 2.31. The standard InChI is InChI=1S/C15H23NO2/c1-11-9-13(3)14(10-12(11)2)5-7-16-8-6-15(17)18-4/h9-10,16H,5-8H2,1-4H3. The van der Waals surface area contributed by atoms with Crippen LogP contribution in [-0.2, 0) is 16.0 Å². The summed E-state index contributed by atoms with van der Waals surface area (Å²) in [5, 5.41) is 3.26. The molecule has 0 saturated carbocycles. The molecule has 0 spiro atoms. The minimum absolute atomic E-state index is 0.162. The first-order valence-electron chi connectivity index (χ1n) is 6.39. The largest absolute Gasteiger partial charge is 0.469 e. The van der Waals surface area contributed by atoms with Gasteiger partial charge < -0.3 is 10.1 Å². The Balaban J connectivity index is 2.36. The van der Waals surface area contributed by atoms with Crippen LogP contribution in [0.15, 0.2) is 12.1 Å². The Morgan fingerprint density at radius 3 is 2.44 bits per heavy atom. The first-order valence-corrected chi connectivity index (χ1v) is 6.39. The highest BCUT2D eigenvalue weighted by Gasteiger charge is 2.02. The molecule has 3 heteroatoms. The molecular weight excluding hydrogens is 226 g/mol. The summed E-state index contributed by atoms with van der Waals surface area (Å²) in [6.07, 6.45) is 1.43. The number of carbonyl (C=O) groups is 1. The smallest absolute Gasteiger partial charge is 0.306 e. The van der Waals surface area contributed by atoms with Gasteiger partial charge in [-0.25, -0.2) is 0 Å². The van der Waals surface area contributed by atoms with Crippen LogP contribution < -0.4 is 5.32 Å². The quantitative estimate of drug-likeness (QED) is 0.621. The monoisotopic (exact) mass is 249 g/mol. The van der Waals surface area contributed by atoms with Crippen LogP contribution in [0.1, 0.15) is 28.7 Å². The van der Waals surface area contributed by atoms with Crippen molar-refractivity contribution in [2.24, 2.45) is 0 Å². The molecule has 1 rings (SSSR count). The molecule has 0 aliphatic rings. The highest BCUT2D eigenvalue weighted by Crippen LogP contribution is 2.15. The van der Waals surface area contributed by atoms with Gasteiger partial charge in [0, 0.05) is 6.54 Å². The second kappa shape index (κ2) is 7.17. The normalized spacial score (nSPS) is 10.4. The van der Waals surface area contributed by atoms with Crippen LogP contribution in [0.2, 0.25) is 0 Å². The average Bonchev–Trinajstić information content (AvgIpc) is 2.34. The highest BCUT2D eigenvalue weighted by atomic mass is 16.5. The van der Waals surface area contributed by atoms with E-state index < -0.39 is 0 Å². The molecule has 1 aromatic rings. The summed E-state index contributed by atoms with van der Waals surface area (Å²) in [7, 11) is 1.42. The van der Waals surface area contributed by atoms with Crippen molar-refractivity contribution in [2.75, 3.05) is 20.2 Å². The molecule has 0 saturated heterocycles. The fourth-order valence-electron chi connectivity index (χ4n) is 1.93. The van der Waals surface area contributed by atoms with E-state index in [2.05, 4.69) is 43.0 Å². The van der Waals surface area contributed by atoms with Gasteiger partial charge in [0.15, 0.2) is 0 Å². The van der Waals surface area contributed by atoms with Crippen LogP contribution in [0.25, 0.3) is 0 Å². The van der Waals surface area contributed by atoms with Crippen LogP contribution in [0.4, 0.5) is 0 Å². The molecule has 0 aromatic heterocycles. The van der Waals surface area contributed by atoms with E-state index in [1.54, 1.807) is 0 Å². The molecule has 0 aliphatic carbocycles. The molecule has 0 heterocycles. The lowest BCUT2D eigenvalue weighted by Crippen LogP contribution is -2.21. The minimum Gasteiger partial charge on any atom is -0.469 e. The summed E-state index contributed by atoms with van der Waals surface area (Å²) in [5.41, 5.74) is 5.40. The molecule has 0 aliphatic heterocycles. The zero-order valence-corrected chi connectivity index (χ0v) is 11.8. The Morgan fingerprint density at radius 1 is 1.11 bits per heavy atom. The molecule has 18 heavy (non-hydrogen) atoms. The molecule has 3 nitrogen and oxygen atoms in total. The van der Waals surface area contributed by atoms with E-state index >= 15 is 0 Å². The molecule has 1 N–H and O–H groups in total. The summed E-state index contributed by atoms with van der Waals surface area (Å²) < 4.78 is 4.58. The first-order chi connectivity index (χ1) is 8.54. The van der Waals surface area contributed by atoms with Crippen molar-refractivity contribution < 1.29 is 9.53 Å². The third-order valence-corrected chi connectivity index (χ3v) is 3.26. The maximum atomic E-state index is 10.9. The second-order valence-electron chi connectivity index (χ2n) is 4.69. The Labute approximate surface area is 110 Å². The highest BCUT2D eigenvalue weighted by molar-refractivity contribution is 5.69. The van der Waals surface area contributed by atoms with Crippen LogP contribution in [0, 0.1) is 20.8 Å². The van der Waals surface area contributed by atoms with Crippen molar-refractivity contribution in [1.82, 2.24) is 5.32 Å². The number of benzene rings is 1. The van der Waals surface area contributed by atoms with Gasteiger partial charge in [-0.1, -0.05) is 12.1 Å². The topological polar surface area (TPSA) is 38.3 Å². The Bertz CT molecular complexity index is 413. The number of methoxy groups -OCH3 is 1. The van der Waals surface area contributed by atoms with Crippen molar-refractivity contribution in [1.29, 1.82) is 0 Å². The molecule has 0 amide bonds. The first kappa shape index (κ1) is 14.7. The molecular formula is C15H23NO2. The maximum absolute atomic E-state index is 10.9. The number of aryl methyl sites for hydroxylation is 3. The molecule has 0 radical (unpaired) electrons.